The molecule has 1 unspecified atom stereocenters. The van der Waals surface area contributed by atoms with Crippen molar-refractivity contribution in [3.63, 3.8) is 0 Å². The van der Waals surface area contributed by atoms with Crippen molar-refractivity contribution in [3.05, 3.63) is 59.7 Å². The van der Waals surface area contributed by atoms with Crippen LogP contribution in [0.4, 0.5) is 8.78 Å². The van der Waals surface area contributed by atoms with Gasteiger partial charge in [0.25, 0.3) is 0 Å². The lowest BCUT2D eigenvalue weighted by Gasteiger charge is -2.09. The SMILES string of the molecule is N#CC(Cl)c1cc(Oc2ccccc2F)ccc1F. The molecule has 0 aliphatic heterocycles. The van der Waals surface area contributed by atoms with E-state index in [4.69, 9.17) is 21.6 Å². The zero-order valence-corrected chi connectivity index (χ0v) is 10.4. The quantitative estimate of drug-likeness (QED) is 0.772. The minimum absolute atomic E-state index is 0.00185. The van der Waals surface area contributed by atoms with Crippen LogP contribution < -0.4 is 4.74 Å². The molecule has 0 N–H and O–H groups in total. The number of hydrogen-bond acceptors (Lipinski definition) is 2. The predicted octanol–water partition coefficient (Wildman–Crippen LogP) is 4.56. The fourth-order valence-electron chi connectivity index (χ4n) is 1.50. The molecule has 0 bridgehead atoms. The molecule has 0 heterocycles. The van der Waals surface area contributed by atoms with E-state index in [1.807, 2.05) is 0 Å². The molecule has 19 heavy (non-hydrogen) atoms. The standard InChI is InChI=1S/C14H8ClF2NO/c15-11(8-18)10-7-9(5-6-12(10)16)19-14-4-2-1-3-13(14)17/h1-7,11H. The van der Waals surface area contributed by atoms with Crippen molar-refractivity contribution in [3.8, 4) is 17.6 Å². The Morgan fingerprint density at radius 2 is 1.84 bits per heavy atom. The summed E-state index contributed by atoms with van der Waals surface area (Å²) in [4.78, 5) is 0. The second-order valence-electron chi connectivity index (χ2n) is 3.71. The fraction of sp³-hybridized carbons (Fsp3) is 0.0714. The average Bonchev–Trinajstić information content (AvgIpc) is 2.42. The summed E-state index contributed by atoms with van der Waals surface area (Å²) in [6, 6.07) is 11.3. The summed E-state index contributed by atoms with van der Waals surface area (Å²) in [5.74, 6) is -0.913. The van der Waals surface area contributed by atoms with E-state index in [0.717, 1.165) is 6.07 Å². The van der Waals surface area contributed by atoms with Crippen molar-refractivity contribution in [1.82, 2.24) is 0 Å². The van der Waals surface area contributed by atoms with Crippen LogP contribution in [-0.4, -0.2) is 0 Å². The third-order valence-corrected chi connectivity index (χ3v) is 2.75. The minimum atomic E-state index is -1.12. The number of benzene rings is 2. The molecular formula is C14H8ClF2NO. The van der Waals surface area contributed by atoms with Crippen LogP contribution >= 0.6 is 11.6 Å². The molecule has 2 aromatic carbocycles. The molecule has 0 amide bonds. The molecule has 5 heteroatoms. The number of hydrogen-bond donors (Lipinski definition) is 0. The third-order valence-electron chi connectivity index (χ3n) is 2.42. The van der Waals surface area contributed by atoms with Gasteiger partial charge in [-0.05, 0) is 30.3 Å². The Labute approximate surface area is 113 Å². The van der Waals surface area contributed by atoms with Gasteiger partial charge in [-0.3, -0.25) is 0 Å². The van der Waals surface area contributed by atoms with Gasteiger partial charge >= 0.3 is 0 Å². The van der Waals surface area contributed by atoms with Gasteiger partial charge in [0.15, 0.2) is 11.6 Å². The van der Waals surface area contributed by atoms with Crippen LogP contribution in [0.15, 0.2) is 42.5 Å². The first-order valence-corrected chi connectivity index (χ1v) is 5.81. The second-order valence-corrected chi connectivity index (χ2v) is 4.14. The van der Waals surface area contributed by atoms with Gasteiger partial charge in [0.2, 0.25) is 0 Å². The van der Waals surface area contributed by atoms with E-state index >= 15 is 0 Å². The molecule has 0 aromatic heterocycles. The Balaban J connectivity index is 2.32. The first-order valence-electron chi connectivity index (χ1n) is 5.37. The average molecular weight is 280 g/mol. The van der Waals surface area contributed by atoms with Crippen LogP contribution in [0.1, 0.15) is 10.9 Å². The van der Waals surface area contributed by atoms with Crippen molar-refractivity contribution in [2.75, 3.05) is 0 Å². The molecule has 0 fully saturated rings. The topological polar surface area (TPSA) is 33.0 Å². The lowest BCUT2D eigenvalue weighted by molar-refractivity contribution is 0.440. The van der Waals surface area contributed by atoms with Crippen LogP contribution in [0.25, 0.3) is 0 Å². The maximum absolute atomic E-state index is 13.5. The largest absolute Gasteiger partial charge is 0.454 e. The van der Waals surface area contributed by atoms with Gasteiger partial charge in [0, 0.05) is 5.56 Å². The molecule has 0 spiro atoms. The number of nitrogens with zero attached hydrogens (tertiary/aromatic N) is 1. The van der Waals surface area contributed by atoms with E-state index in [-0.39, 0.29) is 17.1 Å². The van der Waals surface area contributed by atoms with Gasteiger partial charge in [-0.1, -0.05) is 12.1 Å². The molecule has 0 saturated heterocycles. The van der Waals surface area contributed by atoms with Crippen LogP contribution in [0.3, 0.4) is 0 Å². The van der Waals surface area contributed by atoms with Crippen molar-refractivity contribution in [2.24, 2.45) is 0 Å². The molecule has 0 radical (unpaired) electrons. The highest BCUT2D eigenvalue weighted by Gasteiger charge is 2.14. The summed E-state index contributed by atoms with van der Waals surface area (Å²) in [5.41, 5.74) is -0.00185. The highest BCUT2D eigenvalue weighted by atomic mass is 35.5. The summed E-state index contributed by atoms with van der Waals surface area (Å²) >= 11 is 5.67. The number of para-hydroxylation sites is 1. The van der Waals surface area contributed by atoms with Crippen molar-refractivity contribution in [1.29, 1.82) is 5.26 Å². The van der Waals surface area contributed by atoms with Gasteiger partial charge in [-0.25, -0.2) is 8.78 Å². The maximum Gasteiger partial charge on any atom is 0.165 e. The number of rotatable bonds is 3. The molecule has 0 aliphatic rings. The van der Waals surface area contributed by atoms with Crippen LogP contribution in [0.2, 0.25) is 0 Å². The van der Waals surface area contributed by atoms with Gasteiger partial charge in [0.1, 0.15) is 16.9 Å². The van der Waals surface area contributed by atoms with Gasteiger partial charge in [0.05, 0.1) is 6.07 Å². The molecule has 2 aromatic rings. The zero-order chi connectivity index (χ0) is 13.8. The van der Waals surface area contributed by atoms with Gasteiger partial charge in [-0.15, -0.1) is 11.6 Å². The molecule has 96 valence electrons. The maximum atomic E-state index is 13.5. The van der Waals surface area contributed by atoms with Crippen molar-refractivity contribution >= 4 is 11.6 Å². The molecule has 1 atom stereocenters. The van der Waals surface area contributed by atoms with E-state index in [1.54, 1.807) is 12.1 Å². The van der Waals surface area contributed by atoms with E-state index in [1.165, 1.54) is 30.3 Å². The number of halogens is 3. The normalized spacial score (nSPS) is 11.7. The summed E-state index contributed by atoms with van der Waals surface area (Å²) in [7, 11) is 0. The van der Waals surface area contributed by atoms with Crippen LogP contribution in [-0.2, 0) is 0 Å². The van der Waals surface area contributed by atoms with Gasteiger partial charge in [-0.2, -0.15) is 5.26 Å². The second kappa shape index (κ2) is 5.68. The number of nitriles is 1. The molecular weight excluding hydrogens is 272 g/mol. The molecule has 0 aliphatic carbocycles. The summed E-state index contributed by atoms with van der Waals surface area (Å²) in [6.45, 7) is 0. The number of alkyl halides is 1. The van der Waals surface area contributed by atoms with Crippen molar-refractivity contribution in [2.45, 2.75) is 5.38 Å². The van der Waals surface area contributed by atoms with Crippen LogP contribution in [0.5, 0.6) is 11.5 Å². The Hall–Kier alpha value is -2.12. The van der Waals surface area contributed by atoms with E-state index in [2.05, 4.69) is 0 Å². The Morgan fingerprint density at radius 3 is 2.53 bits per heavy atom. The summed E-state index contributed by atoms with van der Waals surface area (Å²) in [6.07, 6.45) is 0. The third kappa shape index (κ3) is 3.01. The zero-order valence-electron chi connectivity index (χ0n) is 9.61. The van der Waals surface area contributed by atoms with Crippen LogP contribution in [0, 0.1) is 23.0 Å². The first-order chi connectivity index (χ1) is 9.11. The Morgan fingerprint density at radius 1 is 1.11 bits per heavy atom. The molecule has 2 rings (SSSR count). The summed E-state index contributed by atoms with van der Waals surface area (Å²) < 4.78 is 32.2. The minimum Gasteiger partial charge on any atom is -0.454 e. The van der Waals surface area contributed by atoms with E-state index in [9.17, 15) is 8.78 Å². The monoisotopic (exact) mass is 279 g/mol. The first kappa shape index (κ1) is 13.3. The molecule has 0 saturated carbocycles. The lowest BCUT2D eigenvalue weighted by atomic mass is 10.1. The van der Waals surface area contributed by atoms with E-state index < -0.39 is 17.0 Å². The van der Waals surface area contributed by atoms with Gasteiger partial charge < -0.3 is 4.74 Å². The lowest BCUT2D eigenvalue weighted by Crippen LogP contribution is -1.94. The molecule has 2 nitrogen and oxygen atoms in total. The Kier molecular flexibility index (Phi) is 3.98. The Bertz CT molecular complexity index is 640. The highest BCUT2D eigenvalue weighted by Crippen LogP contribution is 2.30. The highest BCUT2D eigenvalue weighted by molar-refractivity contribution is 6.22. The van der Waals surface area contributed by atoms with E-state index in [0.29, 0.717) is 0 Å². The fourth-order valence-corrected chi connectivity index (χ4v) is 1.67. The number of ether oxygens (including phenoxy) is 1. The smallest absolute Gasteiger partial charge is 0.165 e. The predicted molar refractivity (Wildman–Crippen MR) is 67.1 cm³/mol. The van der Waals surface area contributed by atoms with Crippen molar-refractivity contribution < 1.29 is 13.5 Å². The summed E-state index contributed by atoms with van der Waals surface area (Å²) in [5, 5.41) is 7.57.